The zero-order valence-electron chi connectivity index (χ0n) is 8.09. The van der Waals surface area contributed by atoms with Gasteiger partial charge in [0, 0.05) is 10.6 Å². The molecule has 4 heteroatoms. The molecule has 1 aromatic carbocycles. The first-order valence-corrected chi connectivity index (χ1v) is 4.71. The third kappa shape index (κ3) is 2.05. The molecule has 0 unspecified atom stereocenters. The van der Waals surface area contributed by atoms with Gasteiger partial charge in [-0.15, -0.1) is 0 Å². The molecule has 0 radical (unpaired) electrons. The van der Waals surface area contributed by atoms with Crippen LogP contribution in [0.4, 0.5) is 4.39 Å². The van der Waals surface area contributed by atoms with Crippen molar-refractivity contribution >= 4 is 11.6 Å². The zero-order chi connectivity index (χ0) is 10.9. The fourth-order valence-electron chi connectivity index (χ4n) is 1.23. The maximum absolute atomic E-state index is 13.6. The molecule has 0 aromatic heterocycles. The number of aliphatic hydroxyl groups excluding tert-OH is 1. The summed E-state index contributed by atoms with van der Waals surface area (Å²) in [5.41, 5.74) is 6.29. The highest BCUT2D eigenvalue weighted by Crippen LogP contribution is 2.28. The predicted octanol–water partition coefficient (Wildman–Crippen LogP) is 2.17. The van der Waals surface area contributed by atoms with Crippen molar-refractivity contribution in [3.8, 4) is 0 Å². The van der Waals surface area contributed by atoms with Crippen LogP contribution in [0, 0.1) is 12.7 Å². The van der Waals surface area contributed by atoms with Gasteiger partial charge in [-0.3, -0.25) is 0 Å². The topological polar surface area (TPSA) is 46.2 Å². The van der Waals surface area contributed by atoms with Crippen molar-refractivity contribution in [2.45, 2.75) is 26.0 Å². The summed E-state index contributed by atoms with van der Waals surface area (Å²) in [5.74, 6) is -0.439. The summed E-state index contributed by atoms with van der Waals surface area (Å²) in [7, 11) is 0. The highest BCUT2D eigenvalue weighted by molar-refractivity contribution is 6.31. The second-order valence-electron chi connectivity index (χ2n) is 3.36. The third-order valence-electron chi connectivity index (χ3n) is 2.17. The molecular formula is C10H13ClFNO. The van der Waals surface area contributed by atoms with Crippen molar-refractivity contribution < 1.29 is 9.50 Å². The van der Waals surface area contributed by atoms with Gasteiger partial charge in [0.25, 0.3) is 0 Å². The van der Waals surface area contributed by atoms with E-state index in [1.165, 1.54) is 6.92 Å². The van der Waals surface area contributed by atoms with Crippen LogP contribution in [0.15, 0.2) is 12.1 Å². The van der Waals surface area contributed by atoms with Gasteiger partial charge in [0.05, 0.1) is 12.1 Å². The van der Waals surface area contributed by atoms with Crippen molar-refractivity contribution in [2.75, 3.05) is 0 Å². The molecule has 0 saturated heterocycles. The van der Waals surface area contributed by atoms with Crippen LogP contribution in [0.2, 0.25) is 5.02 Å². The molecule has 0 aliphatic rings. The van der Waals surface area contributed by atoms with E-state index in [0.29, 0.717) is 5.56 Å². The van der Waals surface area contributed by atoms with Crippen LogP contribution in [0.1, 0.15) is 24.1 Å². The first-order chi connectivity index (χ1) is 6.45. The van der Waals surface area contributed by atoms with Gasteiger partial charge in [-0.2, -0.15) is 0 Å². The first kappa shape index (κ1) is 11.4. The number of nitrogens with two attached hydrogens (primary N) is 1. The van der Waals surface area contributed by atoms with Gasteiger partial charge in [-0.05, 0) is 25.5 Å². The number of halogens is 2. The summed E-state index contributed by atoms with van der Waals surface area (Å²) in [5, 5.41) is 9.52. The molecule has 2 atom stereocenters. The molecule has 0 saturated carbocycles. The molecule has 1 rings (SSSR count). The highest BCUT2D eigenvalue weighted by atomic mass is 35.5. The van der Waals surface area contributed by atoms with Gasteiger partial charge in [0.15, 0.2) is 0 Å². The lowest BCUT2D eigenvalue weighted by molar-refractivity contribution is 0.162. The van der Waals surface area contributed by atoms with Crippen molar-refractivity contribution in [3.05, 3.63) is 34.1 Å². The fourth-order valence-corrected chi connectivity index (χ4v) is 1.50. The summed E-state index contributed by atoms with van der Waals surface area (Å²) in [6.45, 7) is 3.13. The van der Waals surface area contributed by atoms with Crippen LogP contribution < -0.4 is 5.73 Å². The maximum atomic E-state index is 13.6. The molecule has 1 aromatic rings. The maximum Gasteiger partial charge on any atom is 0.132 e. The van der Waals surface area contributed by atoms with Crippen LogP contribution in [0.5, 0.6) is 0 Å². The van der Waals surface area contributed by atoms with Gasteiger partial charge in [0.1, 0.15) is 5.82 Å². The fraction of sp³-hybridized carbons (Fsp3) is 0.400. The Kier molecular flexibility index (Phi) is 3.48. The molecule has 0 spiro atoms. The lowest BCUT2D eigenvalue weighted by Gasteiger charge is -2.18. The lowest BCUT2D eigenvalue weighted by Crippen LogP contribution is -2.25. The molecule has 0 aliphatic carbocycles. The van der Waals surface area contributed by atoms with Crippen molar-refractivity contribution in [1.82, 2.24) is 0 Å². The Labute approximate surface area is 87.5 Å². The van der Waals surface area contributed by atoms with Crippen LogP contribution in [-0.2, 0) is 0 Å². The Balaban J connectivity index is 3.25. The van der Waals surface area contributed by atoms with E-state index in [-0.39, 0.29) is 10.6 Å². The van der Waals surface area contributed by atoms with Crippen LogP contribution in [0.3, 0.4) is 0 Å². The summed E-state index contributed by atoms with van der Waals surface area (Å²) in [6.07, 6.45) is -0.830. The number of benzene rings is 1. The van der Waals surface area contributed by atoms with Gasteiger partial charge in [0.2, 0.25) is 0 Å². The Morgan fingerprint density at radius 2 is 2.07 bits per heavy atom. The van der Waals surface area contributed by atoms with Gasteiger partial charge < -0.3 is 10.8 Å². The van der Waals surface area contributed by atoms with E-state index in [1.807, 2.05) is 0 Å². The number of hydrogen-bond acceptors (Lipinski definition) is 2. The lowest BCUT2D eigenvalue weighted by atomic mass is 10.0. The molecule has 78 valence electrons. The van der Waals surface area contributed by atoms with E-state index in [1.54, 1.807) is 19.1 Å². The highest BCUT2D eigenvalue weighted by Gasteiger charge is 2.20. The number of hydrogen-bond donors (Lipinski definition) is 2. The minimum absolute atomic E-state index is 0.182. The SMILES string of the molecule is Cc1ccc(Cl)c([C@H](N)[C@@H](C)O)c1F. The molecule has 2 nitrogen and oxygen atoms in total. The predicted molar refractivity (Wildman–Crippen MR) is 54.8 cm³/mol. The Morgan fingerprint density at radius 1 is 1.50 bits per heavy atom. The molecule has 14 heavy (non-hydrogen) atoms. The van der Waals surface area contributed by atoms with E-state index in [4.69, 9.17) is 17.3 Å². The summed E-state index contributed by atoms with van der Waals surface area (Å²) in [4.78, 5) is 0. The van der Waals surface area contributed by atoms with Gasteiger partial charge >= 0.3 is 0 Å². The summed E-state index contributed by atoms with van der Waals surface area (Å²) < 4.78 is 13.6. The second-order valence-corrected chi connectivity index (χ2v) is 3.77. The minimum Gasteiger partial charge on any atom is -0.391 e. The minimum atomic E-state index is -0.830. The smallest absolute Gasteiger partial charge is 0.132 e. The Morgan fingerprint density at radius 3 is 2.57 bits per heavy atom. The standard InChI is InChI=1S/C10H13ClFNO/c1-5-3-4-7(11)8(9(5)12)10(13)6(2)14/h3-4,6,10,14H,13H2,1-2H3/t6-,10-/m1/s1. The zero-order valence-corrected chi connectivity index (χ0v) is 8.85. The Bertz CT molecular complexity index is 341. The number of rotatable bonds is 2. The molecular weight excluding hydrogens is 205 g/mol. The summed E-state index contributed by atoms with van der Waals surface area (Å²) in [6, 6.07) is 2.37. The Hall–Kier alpha value is -0.640. The van der Waals surface area contributed by atoms with E-state index in [0.717, 1.165) is 0 Å². The van der Waals surface area contributed by atoms with E-state index >= 15 is 0 Å². The van der Waals surface area contributed by atoms with Gasteiger partial charge in [-0.1, -0.05) is 17.7 Å². The van der Waals surface area contributed by atoms with E-state index < -0.39 is 18.0 Å². The average molecular weight is 218 g/mol. The molecule has 0 bridgehead atoms. The van der Waals surface area contributed by atoms with E-state index in [9.17, 15) is 9.50 Å². The summed E-state index contributed by atoms with van der Waals surface area (Å²) >= 11 is 5.81. The normalized spacial score (nSPS) is 15.3. The second kappa shape index (κ2) is 4.26. The third-order valence-corrected chi connectivity index (χ3v) is 2.50. The van der Waals surface area contributed by atoms with Crippen molar-refractivity contribution in [2.24, 2.45) is 5.73 Å². The largest absolute Gasteiger partial charge is 0.391 e. The van der Waals surface area contributed by atoms with Crippen molar-refractivity contribution in [1.29, 1.82) is 0 Å². The van der Waals surface area contributed by atoms with E-state index in [2.05, 4.69) is 0 Å². The van der Waals surface area contributed by atoms with Crippen LogP contribution >= 0.6 is 11.6 Å². The quantitative estimate of drug-likeness (QED) is 0.798. The molecule has 0 aliphatic heterocycles. The van der Waals surface area contributed by atoms with Crippen LogP contribution in [-0.4, -0.2) is 11.2 Å². The molecule has 0 heterocycles. The molecule has 3 N–H and O–H groups in total. The van der Waals surface area contributed by atoms with Crippen molar-refractivity contribution in [3.63, 3.8) is 0 Å². The monoisotopic (exact) mass is 217 g/mol. The number of aryl methyl sites for hydroxylation is 1. The van der Waals surface area contributed by atoms with Crippen LogP contribution in [0.25, 0.3) is 0 Å². The molecule has 0 amide bonds. The van der Waals surface area contributed by atoms with Gasteiger partial charge in [-0.25, -0.2) is 4.39 Å². The number of aliphatic hydroxyl groups is 1. The molecule has 0 fully saturated rings. The average Bonchev–Trinajstić information content (AvgIpc) is 2.12. The first-order valence-electron chi connectivity index (χ1n) is 4.33.